The van der Waals surface area contributed by atoms with Gasteiger partial charge in [0.1, 0.15) is 5.75 Å². The number of rotatable bonds is 11. The van der Waals surface area contributed by atoms with Crippen LogP contribution in [0.25, 0.3) is 0 Å². The quantitative estimate of drug-likeness (QED) is 0.171. The summed E-state index contributed by atoms with van der Waals surface area (Å²) < 4.78 is 54.6. The number of ether oxygens (including phenoxy) is 3. The maximum Gasteiger partial charge on any atom is 0.416 e. The van der Waals surface area contributed by atoms with Crippen molar-refractivity contribution in [3.8, 4) is 17.2 Å². The molecule has 3 aromatic rings. The van der Waals surface area contributed by atoms with E-state index < -0.39 is 36.1 Å². The maximum atomic E-state index is 12.9. The molecule has 3 N–H and O–H groups in total. The van der Waals surface area contributed by atoms with E-state index in [1.54, 1.807) is 18.2 Å². The van der Waals surface area contributed by atoms with Crippen LogP contribution in [0.4, 0.5) is 18.9 Å². The second-order valence-corrected chi connectivity index (χ2v) is 8.93. The molecule has 3 rings (SSSR count). The van der Waals surface area contributed by atoms with Gasteiger partial charge in [0.15, 0.2) is 18.1 Å². The number of carbonyl (C=O) groups is 3. The molecule has 0 fully saturated rings. The molecule has 10 nitrogen and oxygen atoms in total. The summed E-state index contributed by atoms with van der Waals surface area (Å²) in [4.78, 5) is 36.5. The Morgan fingerprint density at radius 3 is 2.38 bits per heavy atom. The number of alkyl halides is 3. The third-order valence-corrected chi connectivity index (χ3v) is 5.76. The molecule has 0 aliphatic carbocycles. The Bertz CT molecular complexity index is 1470. The number of hydrogen-bond acceptors (Lipinski definition) is 7. The molecule has 0 saturated carbocycles. The Morgan fingerprint density at radius 1 is 0.929 bits per heavy atom. The van der Waals surface area contributed by atoms with Crippen LogP contribution < -0.4 is 30.3 Å². The summed E-state index contributed by atoms with van der Waals surface area (Å²) in [6.45, 7) is -0.381. The lowest BCUT2D eigenvalue weighted by molar-refractivity contribution is -0.139. The molecule has 0 aromatic heterocycles. The van der Waals surface area contributed by atoms with Crippen molar-refractivity contribution in [1.82, 2.24) is 10.7 Å². The van der Waals surface area contributed by atoms with Crippen LogP contribution >= 0.6 is 11.6 Å². The molecule has 3 amide bonds. The van der Waals surface area contributed by atoms with E-state index in [0.29, 0.717) is 17.9 Å². The second kappa shape index (κ2) is 14.7. The van der Waals surface area contributed by atoms with Crippen molar-refractivity contribution in [2.24, 2.45) is 5.10 Å². The summed E-state index contributed by atoms with van der Waals surface area (Å²) in [7, 11) is 3.03. The fourth-order valence-corrected chi connectivity index (χ4v) is 3.69. The number of halogens is 4. The molecule has 14 heteroatoms. The monoisotopic (exact) mass is 606 g/mol. The summed E-state index contributed by atoms with van der Waals surface area (Å²) in [5.74, 6) is -1.42. The lowest BCUT2D eigenvalue weighted by Gasteiger charge is -2.12. The van der Waals surface area contributed by atoms with Crippen molar-refractivity contribution in [1.29, 1.82) is 0 Å². The van der Waals surface area contributed by atoms with Crippen LogP contribution in [-0.4, -0.2) is 51.3 Å². The van der Waals surface area contributed by atoms with Crippen molar-refractivity contribution in [3.63, 3.8) is 0 Å². The molecule has 0 bridgehead atoms. The van der Waals surface area contributed by atoms with Crippen molar-refractivity contribution in [3.05, 3.63) is 82.4 Å². The van der Waals surface area contributed by atoms with E-state index >= 15 is 0 Å². The minimum absolute atomic E-state index is 0.0546. The van der Waals surface area contributed by atoms with Gasteiger partial charge in [0.05, 0.1) is 26.0 Å². The minimum atomic E-state index is -4.56. The van der Waals surface area contributed by atoms with Crippen LogP contribution in [0.2, 0.25) is 5.02 Å². The molecule has 3 aromatic carbocycles. The largest absolute Gasteiger partial charge is 0.493 e. The number of hydrogen-bond donors (Lipinski definition) is 3. The van der Waals surface area contributed by atoms with Gasteiger partial charge in [-0.2, -0.15) is 18.3 Å². The van der Waals surface area contributed by atoms with E-state index in [0.717, 1.165) is 23.9 Å². The number of hydrazone groups is 1. The van der Waals surface area contributed by atoms with E-state index in [-0.39, 0.29) is 28.6 Å². The standard InChI is InChI=1S/C28H26ClF3N4O6/c1-40-23-8-6-17(12-24(23)41-2)10-11-33-26(38)27(39)36-34-15-18-13-20(29)7-9-22(18)42-16-25(37)35-21-5-3-4-19(14-21)28(30,31)32/h3-9,12-15H,10-11,16H2,1-2H3,(H,33,38)(H,35,37)(H,36,39)/b34-15-. The van der Waals surface area contributed by atoms with Gasteiger partial charge in [0, 0.05) is 22.8 Å². The van der Waals surface area contributed by atoms with Crippen LogP contribution in [0.1, 0.15) is 16.7 Å². The molecule has 0 radical (unpaired) electrons. The predicted octanol–water partition coefficient (Wildman–Crippen LogP) is 4.20. The summed E-state index contributed by atoms with van der Waals surface area (Å²) in [5.41, 5.74) is 2.22. The van der Waals surface area contributed by atoms with E-state index in [2.05, 4.69) is 21.2 Å². The normalized spacial score (nSPS) is 11.1. The zero-order valence-electron chi connectivity index (χ0n) is 22.4. The highest BCUT2D eigenvalue weighted by atomic mass is 35.5. The van der Waals surface area contributed by atoms with Gasteiger partial charge in [0.25, 0.3) is 5.91 Å². The van der Waals surface area contributed by atoms with E-state index in [4.69, 9.17) is 25.8 Å². The zero-order valence-corrected chi connectivity index (χ0v) is 23.1. The maximum absolute atomic E-state index is 12.9. The van der Waals surface area contributed by atoms with Gasteiger partial charge in [-0.05, 0) is 60.5 Å². The predicted molar refractivity (Wildman–Crippen MR) is 149 cm³/mol. The highest BCUT2D eigenvalue weighted by Crippen LogP contribution is 2.31. The number of carbonyl (C=O) groups excluding carboxylic acids is 3. The molecular formula is C28H26ClF3N4O6. The first kappa shape index (κ1) is 31.7. The highest BCUT2D eigenvalue weighted by molar-refractivity contribution is 6.35. The first-order chi connectivity index (χ1) is 20.0. The van der Waals surface area contributed by atoms with Gasteiger partial charge in [-0.15, -0.1) is 0 Å². The summed E-state index contributed by atoms with van der Waals surface area (Å²) in [6.07, 6.45) is -2.98. The Labute approximate surface area is 243 Å². The Hall–Kier alpha value is -4.78. The summed E-state index contributed by atoms with van der Waals surface area (Å²) >= 11 is 6.02. The molecular weight excluding hydrogens is 581 g/mol. The molecule has 0 heterocycles. The smallest absolute Gasteiger partial charge is 0.416 e. The Morgan fingerprint density at radius 2 is 1.67 bits per heavy atom. The average molecular weight is 607 g/mol. The highest BCUT2D eigenvalue weighted by Gasteiger charge is 2.30. The molecule has 0 aliphatic heterocycles. The van der Waals surface area contributed by atoms with Crippen molar-refractivity contribution in [2.75, 3.05) is 32.7 Å². The van der Waals surface area contributed by atoms with Crippen molar-refractivity contribution >= 4 is 41.2 Å². The molecule has 222 valence electrons. The lowest BCUT2D eigenvalue weighted by atomic mass is 10.1. The van der Waals surface area contributed by atoms with Crippen LogP contribution in [0, 0.1) is 0 Å². The van der Waals surface area contributed by atoms with Crippen molar-refractivity contribution < 1.29 is 41.8 Å². The van der Waals surface area contributed by atoms with Crippen LogP contribution in [0.3, 0.4) is 0 Å². The summed E-state index contributed by atoms with van der Waals surface area (Å²) in [6, 6.07) is 13.8. The molecule has 0 spiro atoms. The van der Waals surface area contributed by atoms with E-state index in [1.165, 1.54) is 44.6 Å². The fourth-order valence-electron chi connectivity index (χ4n) is 3.51. The minimum Gasteiger partial charge on any atom is -0.493 e. The average Bonchev–Trinajstić information content (AvgIpc) is 2.96. The van der Waals surface area contributed by atoms with Gasteiger partial charge in [-0.3, -0.25) is 14.4 Å². The molecule has 0 saturated heterocycles. The van der Waals surface area contributed by atoms with Gasteiger partial charge in [0.2, 0.25) is 0 Å². The fraction of sp³-hybridized carbons (Fsp3) is 0.214. The molecule has 42 heavy (non-hydrogen) atoms. The Balaban J connectivity index is 1.51. The zero-order chi connectivity index (χ0) is 30.7. The number of nitrogens with one attached hydrogen (secondary N) is 3. The third kappa shape index (κ3) is 9.41. The molecule has 0 atom stereocenters. The Kier molecular flexibility index (Phi) is 11.1. The second-order valence-electron chi connectivity index (χ2n) is 8.49. The number of methoxy groups -OCH3 is 2. The lowest BCUT2D eigenvalue weighted by Crippen LogP contribution is -2.38. The molecule has 0 unspecified atom stereocenters. The van der Waals surface area contributed by atoms with Crippen LogP contribution in [0.15, 0.2) is 65.8 Å². The number of benzene rings is 3. The van der Waals surface area contributed by atoms with Crippen LogP contribution in [0.5, 0.6) is 17.2 Å². The van der Waals surface area contributed by atoms with E-state index in [9.17, 15) is 27.6 Å². The topological polar surface area (TPSA) is 127 Å². The SMILES string of the molecule is COc1ccc(CCNC(=O)C(=O)N/N=C\c2cc(Cl)ccc2OCC(=O)Nc2cccc(C(F)(F)F)c2)cc1OC. The van der Waals surface area contributed by atoms with Gasteiger partial charge in [-0.25, -0.2) is 5.43 Å². The van der Waals surface area contributed by atoms with E-state index in [1.807, 2.05) is 0 Å². The van der Waals surface area contributed by atoms with Gasteiger partial charge in [-0.1, -0.05) is 23.7 Å². The van der Waals surface area contributed by atoms with Crippen LogP contribution in [-0.2, 0) is 27.0 Å². The first-order valence-electron chi connectivity index (χ1n) is 12.2. The van der Waals surface area contributed by atoms with Gasteiger partial charge >= 0.3 is 18.0 Å². The van der Waals surface area contributed by atoms with Gasteiger partial charge < -0.3 is 24.8 Å². The summed E-state index contributed by atoms with van der Waals surface area (Å²) in [5, 5.41) is 8.83. The third-order valence-electron chi connectivity index (χ3n) is 5.53. The first-order valence-corrected chi connectivity index (χ1v) is 12.6. The number of anilines is 1. The van der Waals surface area contributed by atoms with Crippen molar-refractivity contribution in [2.45, 2.75) is 12.6 Å². The molecule has 0 aliphatic rings. The number of nitrogens with zero attached hydrogens (tertiary/aromatic N) is 1. The number of amides is 3.